The van der Waals surface area contributed by atoms with Crippen LogP contribution in [0, 0.1) is 21.4 Å². The highest BCUT2D eigenvalue weighted by Crippen LogP contribution is 2.23. The lowest BCUT2D eigenvalue weighted by atomic mass is 10.1. The van der Waals surface area contributed by atoms with E-state index in [9.17, 15) is 14.9 Å². The Kier molecular flexibility index (Phi) is 3.78. The minimum Gasteiger partial charge on any atom is -0.463 e. The van der Waals surface area contributed by atoms with Crippen LogP contribution in [0.5, 0.6) is 0 Å². The molecule has 0 spiro atoms. The van der Waals surface area contributed by atoms with Crippen LogP contribution in [0.1, 0.15) is 16.1 Å². The molecule has 118 valence electrons. The predicted molar refractivity (Wildman–Crippen MR) is 82.1 cm³/mol. The van der Waals surface area contributed by atoms with Crippen molar-refractivity contribution in [1.82, 2.24) is 10.2 Å². The van der Waals surface area contributed by atoms with Gasteiger partial charge in [0.1, 0.15) is 11.8 Å². The fourth-order valence-corrected chi connectivity index (χ4v) is 2.03. The van der Waals surface area contributed by atoms with E-state index < -0.39 is 10.8 Å². The van der Waals surface area contributed by atoms with Gasteiger partial charge in [-0.3, -0.25) is 20.0 Å². The number of aromatic nitrogens is 2. The molecule has 0 unspecified atom stereocenters. The summed E-state index contributed by atoms with van der Waals surface area (Å²) in [4.78, 5) is 22.3. The summed E-state index contributed by atoms with van der Waals surface area (Å²) in [6.07, 6.45) is 1.49. The van der Waals surface area contributed by atoms with Gasteiger partial charge in [-0.25, -0.2) is 0 Å². The van der Waals surface area contributed by atoms with Gasteiger partial charge < -0.3 is 9.73 Å². The SMILES string of the molecule is N#Cc1cc([N+](=O)[O-])ccc1NC(=O)c1cc(-c2ccco2)[nH]n1. The van der Waals surface area contributed by atoms with Crippen LogP contribution >= 0.6 is 0 Å². The molecule has 2 heterocycles. The number of H-pyrrole nitrogens is 1. The van der Waals surface area contributed by atoms with Crippen LogP contribution < -0.4 is 5.32 Å². The van der Waals surface area contributed by atoms with Crippen molar-refractivity contribution in [3.8, 4) is 17.5 Å². The maximum absolute atomic E-state index is 12.2. The molecule has 0 radical (unpaired) electrons. The van der Waals surface area contributed by atoms with Crippen molar-refractivity contribution in [3.05, 3.63) is 64.0 Å². The summed E-state index contributed by atoms with van der Waals surface area (Å²) in [5, 5.41) is 28.9. The lowest BCUT2D eigenvalue weighted by Crippen LogP contribution is -2.13. The number of carbonyl (C=O) groups is 1. The molecular weight excluding hydrogens is 314 g/mol. The Morgan fingerprint density at radius 2 is 2.21 bits per heavy atom. The van der Waals surface area contributed by atoms with E-state index in [0.717, 1.165) is 6.07 Å². The van der Waals surface area contributed by atoms with Gasteiger partial charge in [0.2, 0.25) is 0 Å². The molecule has 9 heteroatoms. The summed E-state index contributed by atoms with van der Waals surface area (Å²) in [6, 6.07) is 10.3. The van der Waals surface area contributed by atoms with E-state index in [4.69, 9.17) is 9.68 Å². The van der Waals surface area contributed by atoms with Crippen LogP contribution in [0.3, 0.4) is 0 Å². The molecule has 2 N–H and O–H groups in total. The van der Waals surface area contributed by atoms with Crippen molar-refractivity contribution in [2.24, 2.45) is 0 Å². The molecular formula is C15H9N5O4. The highest BCUT2D eigenvalue weighted by Gasteiger charge is 2.16. The fraction of sp³-hybridized carbons (Fsp3) is 0. The van der Waals surface area contributed by atoms with Crippen LogP contribution in [0.4, 0.5) is 11.4 Å². The Morgan fingerprint density at radius 3 is 2.88 bits per heavy atom. The molecule has 0 atom stereocenters. The average molecular weight is 323 g/mol. The van der Waals surface area contributed by atoms with Gasteiger partial charge in [-0.05, 0) is 18.2 Å². The van der Waals surface area contributed by atoms with E-state index in [1.165, 1.54) is 24.5 Å². The summed E-state index contributed by atoms with van der Waals surface area (Å²) in [7, 11) is 0. The standard InChI is InChI=1S/C15H9N5O4/c16-8-9-6-10(20(22)23)3-4-11(9)17-15(21)13-7-12(18-19-13)14-2-1-5-24-14/h1-7H,(H,17,21)(H,18,19). The summed E-state index contributed by atoms with van der Waals surface area (Å²) >= 11 is 0. The van der Waals surface area contributed by atoms with Crippen molar-refractivity contribution >= 4 is 17.3 Å². The summed E-state index contributed by atoms with van der Waals surface area (Å²) in [6.45, 7) is 0. The van der Waals surface area contributed by atoms with Crippen LogP contribution in [0.25, 0.3) is 11.5 Å². The minimum atomic E-state index is -0.615. The number of amides is 1. The third kappa shape index (κ3) is 2.84. The molecule has 1 aromatic carbocycles. The molecule has 0 aliphatic rings. The molecule has 2 aromatic heterocycles. The topological polar surface area (TPSA) is 138 Å². The molecule has 9 nitrogen and oxygen atoms in total. The number of aromatic amines is 1. The predicted octanol–water partition coefficient (Wildman–Crippen LogP) is 2.70. The number of nitrogens with one attached hydrogen (secondary N) is 2. The zero-order chi connectivity index (χ0) is 17.1. The Labute approximate surface area is 134 Å². The molecule has 3 rings (SSSR count). The van der Waals surface area contributed by atoms with Crippen molar-refractivity contribution < 1.29 is 14.1 Å². The van der Waals surface area contributed by atoms with Crippen LogP contribution in [0.15, 0.2) is 47.1 Å². The molecule has 0 saturated heterocycles. The Hall–Kier alpha value is -3.93. The number of nitro benzene ring substituents is 1. The number of hydrogen-bond acceptors (Lipinski definition) is 6. The highest BCUT2D eigenvalue weighted by molar-refractivity contribution is 6.04. The van der Waals surface area contributed by atoms with Gasteiger partial charge >= 0.3 is 0 Å². The maximum atomic E-state index is 12.2. The molecule has 1 amide bonds. The van der Waals surface area contributed by atoms with Crippen LogP contribution in [0.2, 0.25) is 0 Å². The molecule has 24 heavy (non-hydrogen) atoms. The van der Waals surface area contributed by atoms with Gasteiger partial charge in [-0.2, -0.15) is 10.4 Å². The number of anilines is 1. The van der Waals surface area contributed by atoms with Gasteiger partial charge in [0.05, 0.1) is 22.4 Å². The Morgan fingerprint density at radius 1 is 1.38 bits per heavy atom. The van der Waals surface area contributed by atoms with Crippen molar-refractivity contribution in [3.63, 3.8) is 0 Å². The van der Waals surface area contributed by atoms with E-state index in [0.29, 0.717) is 11.5 Å². The first-order valence-corrected chi connectivity index (χ1v) is 6.67. The van der Waals surface area contributed by atoms with Crippen molar-refractivity contribution in [1.29, 1.82) is 5.26 Å². The van der Waals surface area contributed by atoms with E-state index in [1.54, 1.807) is 12.1 Å². The number of hydrogen-bond donors (Lipinski definition) is 2. The first kappa shape index (κ1) is 15.0. The van der Waals surface area contributed by atoms with Gasteiger partial charge in [0, 0.05) is 18.2 Å². The second kappa shape index (κ2) is 6.05. The molecule has 0 aliphatic heterocycles. The molecule has 0 aliphatic carbocycles. The third-order valence-electron chi connectivity index (χ3n) is 3.18. The maximum Gasteiger partial charge on any atom is 0.276 e. The number of nitriles is 1. The summed E-state index contributed by atoms with van der Waals surface area (Å²) in [5.41, 5.74) is 0.525. The Balaban J connectivity index is 1.83. The first-order valence-electron chi connectivity index (χ1n) is 6.67. The van der Waals surface area contributed by atoms with E-state index in [2.05, 4.69) is 15.5 Å². The molecule has 0 saturated carbocycles. The Bertz CT molecular complexity index is 953. The second-order valence-corrected chi connectivity index (χ2v) is 4.70. The van der Waals surface area contributed by atoms with E-state index in [1.807, 2.05) is 6.07 Å². The zero-order valence-electron chi connectivity index (χ0n) is 12.0. The van der Waals surface area contributed by atoms with Gasteiger partial charge in [-0.15, -0.1) is 0 Å². The summed E-state index contributed by atoms with van der Waals surface area (Å²) in [5.74, 6) is -0.0380. The van der Waals surface area contributed by atoms with Gasteiger partial charge in [0.15, 0.2) is 11.5 Å². The number of nitro groups is 1. The third-order valence-corrected chi connectivity index (χ3v) is 3.18. The lowest BCUT2D eigenvalue weighted by molar-refractivity contribution is -0.384. The van der Waals surface area contributed by atoms with Crippen molar-refractivity contribution in [2.45, 2.75) is 0 Å². The number of benzene rings is 1. The van der Waals surface area contributed by atoms with E-state index >= 15 is 0 Å². The quantitative estimate of drug-likeness (QED) is 0.559. The zero-order valence-corrected chi connectivity index (χ0v) is 12.0. The number of rotatable bonds is 4. The molecule has 3 aromatic rings. The lowest BCUT2D eigenvalue weighted by Gasteiger charge is -2.04. The van der Waals surface area contributed by atoms with E-state index in [-0.39, 0.29) is 22.6 Å². The van der Waals surface area contributed by atoms with Gasteiger partial charge in [-0.1, -0.05) is 0 Å². The van der Waals surface area contributed by atoms with Crippen molar-refractivity contribution in [2.75, 3.05) is 5.32 Å². The largest absolute Gasteiger partial charge is 0.463 e. The first-order chi connectivity index (χ1) is 11.6. The number of furan rings is 1. The number of nitrogens with zero attached hydrogens (tertiary/aromatic N) is 3. The van der Waals surface area contributed by atoms with Gasteiger partial charge in [0.25, 0.3) is 11.6 Å². The average Bonchev–Trinajstić information content (AvgIpc) is 3.26. The number of carbonyl (C=O) groups excluding carboxylic acids is 1. The molecule has 0 fully saturated rings. The fourth-order valence-electron chi connectivity index (χ4n) is 2.03. The minimum absolute atomic E-state index is 0.0145. The second-order valence-electron chi connectivity index (χ2n) is 4.70. The highest BCUT2D eigenvalue weighted by atomic mass is 16.6. The smallest absolute Gasteiger partial charge is 0.276 e. The number of non-ortho nitro benzene ring substituents is 1. The monoisotopic (exact) mass is 323 g/mol. The summed E-state index contributed by atoms with van der Waals surface area (Å²) < 4.78 is 5.19. The molecule has 0 bridgehead atoms. The normalized spacial score (nSPS) is 10.1. The van der Waals surface area contributed by atoms with Crippen LogP contribution in [-0.4, -0.2) is 21.0 Å². The van der Waals surface area contributed by atoms with Crippen LogP contribution in [-0.2, 0) is 0 Å².